The molecule has 1 aromatic heterocycles. The molecule has 0 aliphatic heterocycles. The third-order valence-corrected chi connectivity index (χ3v) is 3.34. The molecule has 108 valence electrons. The van der Waals surface area contributed by atoms with Crippen molar-refractivity contribution in [1.82, 2.24) is 26.2 Å². The Kier molecular flexibility index (Phi) is 3.16. The number of aromatic nitrogens is 2. The van der Waals surface area contributed by atoms with Crippen molar-refractivity contribution in [3.8, 4) is 11.3 Å². The molecule has 1 aromatic carbocycles. The maximum absolute atomic E-state index is 12.4. The molecule has 0 unspecified atom stereocenters. The van der Waals surface area contributed by atoms with Crippen molar-refractivity contribution in [3.05, 3.63) is 35.5 Å². The highest BCUT2D eigenvalue weighted by molar-refractivity contribution is 6.24. The maximum Gasteiger partial charge on any atom is 0.351 e. The number of urea groups is 1. The van der Waals surface area contributed by atoms with E-state index in [2.05, 4.69) is 26.4 Å². The van der Waals surface area contributed by atoms with Gasteiger partial charge in [0.15, 0.2) is 5.78 Å². The zero-order chi connectivity index (χ0) is 15.0. The summed E-state index contributed by atoms with van der Waals surface area (Å²) in [4.78, 5) is 24.5. The number of aromatic amines is 1. The Labute approximate surface area is 120 Å². The van der Waals surface area contributed by atoms with E-state index in [1.54, 1.807) is 26.2 Å². The van der Waals surface area contributed by atoms with Crippen molar-refractivity contribution in [1.29, 1.82) is 0 Å². The number of hydrogen-bond acceptors (Lipinski definition) is 5. The first-order valence-electron chi connectivity index (χ1n) is 6.34. The number of anilines is 1. The summed E-state index contributed by atoms with van der Waals surface area (Å²) in [6.07, 6.45) is 1.50. The van der Waals surface area contributed by atoms with E-state index in [0.29, 0.717) is 22.5 Å². The van der Waals surface area contributed by atoms with E-state index in [-0.39, 0.29) is 5.78 Å². The number of nitrogens with one attached hydrogen (secondary N) is 4. The van der Waals surface area contributed by atoms with Crippen molar-refractivity contribution in [2.75, 3.05) is 19.4 Å². The van der Waals surface area contributed by atoms with Crippen molar-refractivity contribution >= 4 is 17.5 Å². The van der Waals surface area contributed by atoms with Gasteiger partial charge in [0.25, 0.3) is 0 Å². The SMILES string of the molecule is CNN(NC)C(=O)Nc1cccc2c1C(=O)c1cn[nH]c1-2. The van der Waals surface area contributed by atoms with Gasteiger partial charge in [-0.05, 0) is 6.07 Å². The summed E-state index contributed by atoms with van der Waals surface area (Å²) in [6, 6.07) is 4.87. The average molecular weight is 286 g/mol. The molecule has 0 radical (unpaired) electrons. The standard InChI is InChI=1S/C13H14N6O2/c1-14-19(15-2)13(21)17-9-5-3-4-7-10(9)12(20)8-6-16-18-11(7)8/h3-6,14-15H,1-2H3,(H,16,18)(H,17,21). The lowest BCUT2D eigenvalue weighted by Crippen LogP contribution is -2.50. The molecule has 2 amide bonds. The molecule has 0 spiro atoms. The van der Waals surface area contributed by atoms with Crippen LogP contribution in [0.3, 0.4) is 0 Å². The third kappa shape index (κ3) is 1.97. The molecule has 1 aliphatic carbocycles. The minimum absolute atomic E-state index is 0.148. The molecule has 3 rings (SSSR count). The van der Waals surface area contributed by atoms with Crippen LogP contribution in [0.1, 0.15) is 15.9 Å². The fourth-order valence-corrected chi connectivity index (χ4v) is 2.39. The Morgan fingerprint density at radius 3 is 2.71 bits per heavy atom. The molecule has 0 atom stereocenters. The molecule has 4 N–H and O–H groups in total. The Morgan fingerprint density at radius 2 is 2.00 bits per heavy atom. The van der Waals surface area contributed by atoms with Crippen LogP contribution < -0.4 is 16.2 Å². The van der Waals surface area contributed by atoms with Crippen LogP contribution in [0.15, 0.2) is 24.4 Å². The van der Waals surface area contributed by atoms with Gasteiger partial charge in [-0.1, -0.05) is 12.1 Å². The summed E-state index contributed by atoms with van der Waals surface area (Å²) in [5.74, 6) is -0.148. The summed E-state index contributed by atoms with van der Waals surface area (Å²) < 4.78 is 0. The number of fused-ring (bicyclic) bond motifs is 3. The second kappa shape index (κ2) is 5.00. The van der Waals surface area contributed by atoms with Crippen LogP contribution in [0.4, 0.5) is 10.5 Å². The topological polar surface area (TPSA) is 102 Å². The first kappa shape index (κ1) is 13.3. The number of carbonyl (C=O) groups excluding carboxylic acids is 2. The zero-order valence-corrected chi connectivity index (χ0v) is 11.5. The van der Waals surface area contributed by atoms with E-state index >= 15 is 0 Å². The number of hydrazine groups is 2. The minimum atomic E-state index is -0.421. The number of amides is 2. The van der Waals surface area contributed by atoms with E-state index in [1.807, 2.05) is 6.07 Å². The van der Waals surface area contributed by atoms with Gasteiger partial charge >= 0.3 is 6.03 Å². The maximum atomic E-state index is 12.4. The van der Waals surface area contributed by atoms with E-state index in [4.69, 9.17) is 0 Å². The Bertz CT molecular complexity index is 719. The van der Waals surface area contributed by atoms with Crippen molar-refractivity contribution in [3.63, 3.8) is 0 Å². The Morgan fingerprint density at radius 1 is 1.24 bits per heavy atom. The van der Waals surface area contributed by atoms with Crippen LogP contribution in [-0.2, 0) is 0 Å². The fourth-order valence-electron chi connectivity index (χ4n) is 2.39. The summed E-state index contributed by atoms with van der Waals surface area (Å²) >= 11 is 0. The molecule has 0 saturated heterocycles. The van der Waals surface area contributed by atoms with Gasteiger partial charge in [0, 0.05) is 19.7 Å². The monoisotopic (exact) mass is 286 g/mol. The normalized spacial score (nSPS) is 12.0. The molecule has 0 fully saturated rings. The molecule has 1 aliphatic rings. The predicted octanol–water partition coefficient (Wildman–Crippen LogP) is 0.724. The zero-order valence-electron chi connectivity index (χ0n) is 11.5. The van der Waals surface area contributed by atoms with Crippen LogP contribution in [0.2, 0.25) is 0 Å². The molecule has 2 aromatic rings. The van der Waals surface area contributed by atoms with Gasteiger partial charge in [-0.3, -0.25) is 9.89 Å². The van der Waals surface area contributed by atoms with Crippen LogP contribution in [0, 0.1) is 0 Å². The van der Waals surface area contributed by atoms with Crippen LogP contribution in [-0.4, -0.2) is 41.2 Å². The van der Waals surface area contributed by atoms with Gasteiger partial charge in [0.1, 0.15) is 0 Å². The smallest absolute Gasteiger partial charge is 0.305 e. The number of hydrogen-bond donors (Lipinski definition) is 4. The van der Waals surface area contributed by atoms with Gasteiger partial charge in [-0.25, -0.2) is 15.6 Å². The molecule has 8 heteroatoms. The Hall–Kier alpha value is -2.71. The van der Waals surface area contributed by atoms with Crippen LogP contribution in [0.5, 0.6) is 0 Å². The van der Waals surface area contributed by atoms with Gasteiger partial charge in [-0.2, -0.15) is 10.2 Å². The minimum Gasteiger partial charge on any atom is -0.305 e. The molecule has 8 nitrogen and oxygen atoms in total. The highest BCUT2D eigenvalue weighted by Crippen LogP contribution is 2.38. The van der Waals surface area contributed by atoms with E-state index in [9.17, 15) is 9.59 Å². The van der Waals surface area contributed by atoms with Gasteiger partial charge in [-0.15, -0.1) is 0 Å². The molecule has 21 heavy (non-hydrogen) atoms. The summed E-state index contributed by atoms with van der Waals surface area (Å²) in [7, 11) is 3.21. The van der Waals surface area contributed by atoms with Crippen molar-refractivity contribution in [2.24, 2.45) is 0 Å². The third-order valence-electron chi connectivity index (χ3n) is 3.34. The molecular formula is C13H14N6O2. The van der Waals surface area contributed by atoms with E-state index in [1.165, 1.54) is 11.3 Å². The van der Waals surface area contributed by atoms with Crippen LogP contribution in [0.25, 0.3) is 11.3 Å². The number of carbonyl (C=O) groups is 2. The van der Waals surface area contributed by atoms with E-state index < -0.39 is 6.03 Å². The first-order chi connectivity index (χ1) is 10.2. The summed E-state index contributed by atoms with van der Waals surface area (Å²) in [6.45, 7) is 0. The summed E-state index contributed by atoms with van der Waals surface area (Å²) in [5, 5.41) is 10.6. The highest BCUT2D eigenvalue weighted by Gasteiger charge is 2.31. The second-order valence-electron chi connectivity index (χ2n) is 4.43. The number of benzene rings is 1. The molecular weight excluding hydrogens is 272 g/mol. The van der Waals surface area contributed by atoms with Gasteiger partial charge in [0.2, 0.25) is 0 Å². The van der Waals surface area contributed by atoms with Crippen molar-refractivity contribution in [2.45, 2.75) is 0 Å². The number of ketones is 1. The highest BCUT2D eigenvalue weighted by atomic mass is 16.2. The largest absolute Gasteiger partial charge is 0.351 e. The average Bonchev–Trinajstić information content (AvgIpc) is 3.05. The van der Waals surface area contributed by atoms with E-state index in [0.717, 1.165) is 5.56 Å². The fraction of sp³-hybridized carbons (Fsp3) is 0.154. The lowest BCUT2D eigenvalue weighted by atomic mass is 10.1. The van der Waals surface area contributed by atoms with Crippen molar-refractivity contribution < 1.29 is 9.59 Å². The predicted molar refractivity (Wildman–Crippen MR) is 76.4 cm³/mol. The second-order valence-corrected chi connectivity index (χ2v) is 4.43. The summed E-state index contributed by atoms with van der Waals surface area (Å²) in [5.41, 5.74) is 8.22. The number of H-pyrrole nitrogens is 1. The number of rotatable bonds is 3. The lowest BCUT2D eigenvalue weighted by Gasteiger charge is -2.20. The quantitative estimate of drug-likeness (QED) is 0.531. The van der Waals surface area contributed by atoms with Crippen LogP contribution >= 0.6 is 0 Å². The van der Waals surface area contributed by atoms with Gasteiger partial charge in [0.05, 0.1) is 28.7 Å². The molecule has 1 heterocycles. The molecule has 0 bridgehead atoms. The number of nitrogens with zero attached hydrogens (tertiary/aromatic N) is 2. The first-order valence-corrected chi connectivity index (χ1v) is 6.34. The lowest BCUT2D eigenvalue weighted by molar-refractivity contribution is 0.104. The molecule has 0 saturated carbocycles. The Balaban J connectivity index is 1.98. The van der Waals surface area contributed by atoms with Gasteiger partial charge < -0.3 is 5.32 Å².